The molecule has 1 aromatic rings. The summed E-state index contributed by atoms with van der Waals surface area (Å²) in [6.45, 7) is 14.5. The lowest BCUT2D eigenvalue weighted by Gasteiger charge is -2.33. The number of likely N-dealkylation sites (N-methyl/N-ethyl adjacent to an activating group) is 1. The van der Waals surface area contributed by atoms with Gasteiger partial charge in [-0.3, -0.25) is 33.6 Å². The van der Waals surface area contributed by atoms with Crippen molar-refractivity contribution in [2.75, 3.05) is 14.2 Å². The zero-order valence-electron chi connectivity index (χ0n) is 37.3. The highest BCUT2D eigenvalue weighted by Crippen LogP contribution is 2.17. The lowest BCUT2D eigenvalue weighted by atomic mass is 9.95. The van der Waals surface area contributed by atoms with Crippen molar-refractivity contribution in [1.82, 2.24) is 26.2 Å². The third-order valence-electron chi connectivity index (χ3n) is 10.3. The van der Waals surface area contributed by atoms with Gasteiger partial charge < -0.3 is 40.7 Å². The number of carbonyl (C=O) groups excluding carboxylic acids is 7. The summed E-state index contributed by atoms with van der Waals surface area (Å²) in [5.74, 6) is -7.75. The van der Waals surface area contributed by atoms with Gasteiger partial charge in [-0.2, -0.15) is 0 Å². The van der Waals surface area contributed by atoms with E-state index in [9.17, 15) is 43.5 Å². The molecule has 0 aromatic heterocycles. The van der Waals surface area contributed by atoms with Crippen LogP contribution >= 0.6 is 0 Å². The topological polar surface area (TPSA) is 227 Å². The Bertz CT molecular complexity index is 1550. The smallest absolute Gasteiger partial charge is 0.328 e. The maximum Gasteiger partial charge on any atom is 0.328 e. The predicted molar refractivity (Wildman–Crippen MR) is 226 cm³/mol. The summed E-state index contributed by atoms with van der Waals surface area (Å²) in [6, 6.07) is 2.70. The van der Waals surface area contributed by atoms with E-state index in [-0.39, 0.29) is 30.6 Å². The van der Waals surface area contributed by atoms with Gasteiger partial charge in [0.05, 0.1) is 26.1 Å². The lowest BCUT2D eigenvalue weighted by molar-refractivity contribution is -0.151. The van der Waals surface area contributed by atoms with Crippen molar-refractivity contribution in [3.63, 3.8) is 0 Å². The normalized spacial score (nSPS) is 14.7. The number of aryl methyl sites for hydroxylation is 1. The highest BCUT2D eigenvalue weighted by atomic mass is 16.5. The highest BCUT2D eigenvalue weighted by molar-refractivity contribution is 5.98. The first kappa shape index (κ1) is 53.0. The molecule has 0 radical (unpaired) electrons. The average Bonchev–Trinajstić information content (AvgIpc) is 3.18. The maximum atomic E-state index is 14.1. The van der Waals surface area contributed by atoms with E-state index in [4.69, 9.17) is 9.47 Å². The molecule has 338 valence electrons. The van der Waals surface area contributed by atoms with E-state index in [1.54, 1.807) is 48.5 Å². The number of methoxy groups -OCH3 is 1. The molecule has 0 aliphatic carbocycles. The van der Waals surface area contributed by atoms with Crippen LogP contribution in [0.25, 0.3) is 0 Å². The van der Waals surface area contributed by atoms with Crippen LogP contribution < -0.4 is 21.3 Å². The van der Waals surface area contributed by atoms with Gasteiger partial charge >= 0.3 is 17.9 Å². The van der Waals surface area contributed by atoms with Gasteiger partial charge in [0, 0.05) is 13.5 Å². The molecule has 0 unspecified atom stereocenters. The number of rotatable bonds is 28. The molecule has 5 amide bonds. The van der Waals surface area contributed by atoms with Crippen LogP contribution in [0.1, 0.15) is 125 Å². The van der Waals surface area contributed by atoms with Crippen LogP contribution in [0.5, 0.6) is 0 Å². The van der Waals surface area contributed by atoms with Gasteiger partial charge in [-0.25, -0.2) is 4.79 Å². The summed E-state index contributed by atoms with van der Waals surface area (Å²) in [4.78, 5) is 108. The Hall–Kier alpha value is -5.02. The Morgan fingerprint density at radius 3 is 1.85 bits per heavy atom. The van der Waals surface area contributed by atoms with Crippen LogP contribution in [-0.2, 0) is 54.3 Å². The van der Waals surface area contributed by atoms with Gasteiger partial charge in [0.2, 0.25) is 29.5 Å². The van der Waals surface area contributed by atoms with Crippen molar-refractivity contribution >= 4 is 47.4 Å². The summed E-state index contributed by atoms with van der Waals surface area (Å²) in [5, 5.41) is 19.8. The molecule has 0 fully saturated rings. The van der Waals surface area contributed by atoms with Crippen molar-refractivity contribution in [2.24, 2.45) is 17.8 Å². The van der Waals surface area contributed by atoms with Crippen molar-refractivity contribution < 1.29 is 52.9 Å². The molecular formula is C44H71N5O11. The quantitative estimate of drug-likeness (QED) is 0.0597. The molecule has 0 aliphatic heterocycles. The van der Waals surface area contributed by atoms with Gasteiger partial charge in [0.1, 0.15) is 30.2 Å². The number of hydrogen-bond donors (Lipinski definition) is 5. The third-order valence-corrected chi connectivity index (χ3v) is 10.3. The van der Waals surface area contributed by atoms with Gasteiger partial charge in [-0.05, 0) is 55.9 Å². The monoisotopic (exact) mass is 846 g/mol. The van der Waals surface area contributed by atoms with E-state index < -0.39 is 96.6 Å². The Balaban J connectivity index is 3.44. The third kappa shape index (κ3) is 19.4. The van der Waals surface area contributed by atoms with E-state index in [1.165, 1.54) is 11.9 Å². The van der Waals surface area contributed by atoms with Crippen LogP contribution in [0, 0.1) is 17.8 Å². The molecule has 60 heavy (non-hydrogen) atoms. The van der Waals surface area contributed by atoms with E-state index in [1.807, 2.05) is 30.3 Å². The minimum Gasteiger partial charge on any atom is -0.481 e. The first-order valence-electron chi connectivity index (χ1n) is 21.3. The molecule has 0 bridgehead atoms. The van der Waals surface area contributed by atoms with Gasteiger partial charge in [0.25, 0.3) is 0 Å². The Morgan fingerprint density at radius 1 is 0.733 bits per heavy atom. The number of benzene rings is 1. The van der Waals surface area contributed by atoms with E-state index >= 15 is 0 Å². The second-order valence-electron chi connectivity index (χ2n) is 16.3. The number of hydrogen-bond acceptors (Lipinski definition) is 10. The molecule has 1 rings (SSSR count). The number of carbonyl (C=O) groups is 8. The molecule has 5 N–H and O–H groups in total. The van der Waals surface area contributed by atoms with Crippen LogP contribution in [-0.4, -0.2) is 108 Å². The van der Waals surface area contributed by atoms with E-state index in [0.29, 0.717) is 19.3 Å². The van der Waals surface area contributed by atoms with Crippen molar-refractivity contribution in [3.8, 4) is 0 Å². The van der Waals surface area contributed by atoms with Gasteiger partial charge in [-0.1, -0.05) is 104 Å². The number of carboxylic acid groups (broad SMARTS) is 1. The molecule has 16 nitrogen and oxygen atoms in total. The molecule has 0 spiro atoms. The van der Waals surface area contributed by atoms with Crippen molar-refractivity contribution in [2.45, 2.75) is 162 Å². The minimum absolute atomic E-state index is 0.0724. The summed E-state index contributed by atoms with van der Waals surface area (Å²) in [6.07, 6.45) is 3.44. The zero-order chi connectivity index (χ0) is 45.5. The molecule has 0 saturated carbocycles. The van der Waals surface area contributed by atoms with Gasteiger partial charge in [-0.15, -0.1) is 0 Å². The molecule has 7 atom stereocenters. The number of aliphatic carboxylic acids is 1. The molecule has 1 aromatic carbocycles. The molecule has 0 saturated heterocycles. The largest absolute Gasteiger partial charge is 0.481 e. The predicted octanol–water partition coefficient (Wildman–Crippen LogP) is 4.07. The number of nitrogens with one attached hydrogen (secondary N) is 4. The van der Waals surface area contributed by atoms with Crippen molar-refractivity contribution in [3.05, 3.63) is 35.9 Å². The van der Waals surface area contributed by atoms with Crippen LogP contribution in [0.2, 0.25) is 0 Å². The van der Waals surface area contributed by atoms with Gasteiger partial charge in [0.15, 0.2) is 0 Å². The lowest BCUT2D eigenvalue weighted by Crippen LogP contribution is -2.61. The molecular weight excluding hydrogens is 775 g/mol. The molecule has 16 heteroatoms. The number of unbranched alkanes of at least 4 members (excludes halogenated alkanes) is 3. The average molecular weight is 846 g/mol. The maximum absolute atomic E-state index is 14.1. The van der Waals surface area contributed by atoms with Crippen LogP contribution in [0.3, 0.4) is 0 Å². The van der Waals surface area contributed by atoms with Crippen LogP contribution in [0.4, 0.5) is 0 Å². The number of amides is 5. The second kappa shape index (κ2) is 27.7. The standard InChI is InChI=1S/C44H71N5O11/c1-11-13-14-16-19-30(8)60-37(53)26-33(41(55)45-32(25-36(51)52)40(54)47-34(24-27(3)4)44(58)59-10)46-42(56)38(29(7)12-2)48-43(57)39(28(5)6)49(9)35(50)23-22-31-20-17-15-18-21-31/h15,17-18,20-21,27-30,32-34,38-39H,11-14,16,19,22-26H2,1-10H3,(H,45,55)(H,46,56)(H,47,54)(H,48,57)(H,51,52)/t29-,30-,32-,33-,34-,38-,39-/m0/s1. The highest BCUT2D eigenvalue weighted by Gasteiger charge is 2.37. The van der Waals surface area contributed by atoms with Crippen molar-refractivity contribution in [1.29, 1.82) is 0 Å². The summed E-state index contributed by atoms with van der Waals surface area (Å²) < 4.78 is 10.4. The molecule has 0 aliphatic rings. The fraction of sp³-hybridized carbons (Fsp3) is 0.682. The Labute approximate surface area is 356 Å². The fourth-order valence-corrected chi connectivity index (χ4v) is 6.68. The molecule has 0 heterocycles. The summed E-state index contributed by atoms with van der Waals surface area (Å²) in [7, 11) is 2.67. The van der Waals surface area contributed by atoms with E-state index in [2.05, 4.69) is 28.2 Å². The summed E-state index contributed by atoms with van der Waals surface area (Å²) >= 11 is 0. The second-order valence-corrected chi connectivity index (χ2v) is 16.3. The Kier molecular flexibility index (Phi) is 24.5. The zero-order valence-corrected chi connectivity index (χ0v) is 37.3. The fourth-order valence-electron chi connectivity index (χ4n) is 6.68. The van der Waals surface area contributed by atoms with E-state index in [0.717, 1.165) is 38.4 Å². The number of nitrogens with zero attached hydrogens (tertiary/aromatic N) is 1. The number of carboxylic acids is 1. The first-order valence-corrected chi connectivity index (χ1v) is 21.3. The first-order chi connectivity index (χ1) is 28.2. The number of esters is 2. The summed E-state index contributed by atoms with van der Waals surface area (Å²) in [5.41, 5.74) is 0.966. The van der Waals surface area contributed by atoms with Crippen LogP contribution in [0.15, 0.2) is 30.3 Å². The SMILES string of the molecule is CCCCCC[C@H](C)OC(=O)C[C@H](NC(=O)[C@@H](NC(=O)[C@H](C(C)C)N(C)C(=O)CCc1ccccc1)[C@@H](C)CC)C(=O)N[C@@H](CC(=O)O)C(=O)N[C@@H](CC(C)C)C(=O)OC. The minimum atomic E-state index is -1.73. The number of ether oxygens (including phenoxy) is 2. The Morgan fingerprint density at radius 2 is 1.32 bits per heavy atom.